The Balaban J connectivity index is 1.48. The van der Waals surface area contributed by atoms with Gasteiger partial charge in [0.2, 0.25) is 0 Å². The van der Waals surface area contributed by atoms with Crippen LogP contribution in [0.15, 0.2) is 41.9 Å². The molecule has 128 valence electrons. The van der Waals surface area contributed by atoms with Crippen molar-refractivity contribution in [2.45, 2.75) is 12.8 Å². The van der Waals surface area contributed by atoms with Crippen molar-refractivity contribution in [1.29, 1.82) is 0 Å². The monoisotopic (exact) mass is 356 g/mol. The summed E-state index contributed by atoms with van der Waals surface area (Å²) >= 11 is 1.46. The average molecular weight is 356 g/mol. The Labute approximate surface area is 148 Å². The number of hydrogen-bond donors (Lipinski definition) is 2. The van der Waals surface area contributed by atoms with Crippen molar-refractivity contribution in [3.8, 4) is 11.3 Å². The van der Waals surface area contributed by atoms with Gasteiger partial charge >= 0.3 is 0 Å². The maximum atomic E-state index is 13.0. The van der Waals surface area contributed by atoms with E-state index in [4.69, 9.17) is 0 Å². The Morgan fingerprint density at radius 2 is 2.00 bits per heavy atom. The lowest BCUT2D eigenvalue weighted by Gasteiger charge is -2.13. The molecule has 0 bridgehead atoms. The quantitative estimate of drug-likeness (QED) is 0.734. The first-order valence-electron chi connectivity index (χ1n) is 8.15. The van der Waals surface area contributed by atoms with Crippen molar-refractivity contribution >= 4 is 28.1 Å². The first-order valence-corrected chi connectivity index (χ1v) is 9.03. The molecule has 0 unspecified atom stereocenters. The second-order valence-corrected chi connectivity index (χ2v) is 6.83. The molecule has 1 saturated heterocycles. The number of nitrogens with zero attached hydrogens (tertiary/aromatic N) is 2. The van der Waals surface area contributed by atoms with Gasteiger partial charge in [0.1, 0.15) is 11.5 Å². The van der Waals surface area contributed by atoms with Crippen LogP contribution in [0, 0.1) is 5.82 Å². The van der Waals surface area contributed by atoms with E-state index in [1.54, 1.807) is 18.3 Å². The third-order valence-electron chi connectivity index (χ3n) is 4.20. The zero-order valence-corrected chi connectivity index (χ0v) is 14.3. The van der Waals surface area contributed by atoms with Crippen LogP contribution >= 0.6 is 11.3 Å². The highest BCUT2D eigenvalue weighted by Gasteiger charge is 2.21. The maximum Gasteiger partial charge on any atom is 0.270 e. The summed E-state index contributed by atoms with van der Waals surface area (Å²) in [6.45, 7) is 1.66. The molecule has 5 nitrogen and oxygen atoms in total. The molecule has 3 heterocycles. The first-order chi connectivity index (χ1) is 12.2. The van der Waals surface area contributed by atoms with Gasteiger partial charge in [-0.15, -0.1) is 11.3 Å². The molecule has 7 heteroatoms. The van der Waals surface area contributed by atoms with Gasteiger partial charge in [0, 0.05) is 35.9 Å². The maximum absolute atomic E-state index is 13.0. The van der Waals surface area contributed by atoms with E-state index in [0.29, 0.717) is 5.69 Å². The molecule has 2 N–H and O–H groups in total. The standard InChI is InChI=1S/C18H17FN4OS/c19-13-3-5-14(6-4-13)21-18-22-16(11-25-18)12-9-15(20-10-12)17(24)23-7-1-2-8-23/h3-6,9-11,20H,1-2,7-8H2,(H,21,22). The Kier molecular flexibility index (Phi) is 4.23. The molecule has 25 heavy (non-hydrogen) atoms. The fraction of sp³-hybridized carbons (Fsp3) is 0.222. The third kappa shape index (κ3) is 3.41. The molecule has 1 fully saturated rings. The van der Waals surface area contributed by atoms with E-state index < -0.39 is 0 Å². The van der Waals surface area contributed by atoms with Crippen molar-refractivity contribution in [2.24, 2.45) is 0 Å². The van der Waals surface area contributed by atoms with Crippen molar-refractivity contribution in [2.75, 3.05) is 18.4 Å². The predicted octanol–water partition coefficient (Wildman–Crippen LogP) is 4.26. The van der Waals surface area contributed by atoms with Gasteiger partial charge in [0.25, 0.3) is 5.91 Å². The fourth-order valence-corrected chi connectivity index (χ4v) is 3.62. The molecule has 3 aromatic rings. The van der Waals surface area contributed by atoms with E-state index in [0.717, 1.165) is 48.0 Å². The number of benzene rings is 1. The highest BCUT2D eigenvalue weighted by molar-refractivity contribution is 7.14. The van der Waals surface area contributed by atoms with Crippen molar-refractivity contribution in [3.63, 3.8) is 0 Å². The molecule has 0 saturated carbocycles. The van der Waals surface area contributed by atoms with Crippen molar-refractivity contribution in [3.05, 3.63) is 53.4 Å². The number of nitrogens with one attached hydrogen (secondary N) is 2. The molecular weight excluding hydrogens is 339 g/mol. The first kappa shape index (κ1) is 15.8. The number of rotatable bonds is 4. The van der Waals surface area contributed by atoms with E-state index in [2.05, 4.69) is 15.3 Å². The van der Waals surface area contributed by atoms with Crippen molar-refractivity contribution in [1.82, 2.24) is 14.9 Å². The summed E-state index contributed by atoms with van der Waals surface area (Å²) in [5.41, 5.74) is 3.05. The van der Waals surface area contributed by atoms with E-state index >= 15 is 0 Å². The number of hydrogen-bond acceptors (Lipinski definition) is 4. The summed E-state index contributed by atoms with van der Waals surface area (Å²) in [5.74, 6) is -0.225. The number of aromatic nitrogens is 2. The van der Waals surface area contributed by atoms with E-state index in [1.165, 1.54) is 23.5 Å². The molecule has 1 aromatic carbocycles. The Bertz CT molecular complexity index is 881. The highest BCUT2D eigenvalue weighted by atomic mass is 32.1. The molecule has 1 aliphatic heterocycles. The van der Waals surface area contributed by atoms with Crippen LogP contribution in [0.4, 0.5) is 15.2 Å². The fourth-order valence-electron chi connectivity index (χ4n) is 2.88. The number of amides is 1. The van der Waals surface area contributed by atoms with E-state index in [-0.39, 0.29) is 11.7 Å². The molecule has 0 aliphatic carbocycles. The van der Waals surface area contributed by atoms with Crippen LogP contribution in [-0.4, -0.2) is 33.9 Å². The summed E-state index contributed by atoms with van der Waals surface area (Å²) in [5, 5.41) is 5.80. The van der Waals surface area contributed by atoms with Crippen LogP contribution < -0.4 is 5.32 Å². The number of halogens is 1. The van der Waals surface area contributed by atoms with Crippen LogP contribution in [0.2, 0.25) is 0 Å². The van der Waals surface area contributed by atoms with Gasteiger partial charge in [-0.1, -0.05) is 0 Å². The van der Waals surface area contributed by atoms with Crippen LogP contribution in [0.25, 0.3) is 11.3 Å². The molecule has 2 aromatic heterocycles. The lowest BCUT2D eigenvalue weighted by molar-refractivity contribution is 0.0788. The topological polar surface area (TPSA) is 61.0 Å². The van der Waals surface area contributed by atoms with Crippen LogP contribution in [0.3, 0.4) is 0 Å². The van der Waals surface area contributed by atoms with E-state index in [1.807, 2.05) is 16.3 Å². The number of aromatic amines is 1. The normalized spacial score (nSPS) is 14.0. The number of carbonyl (C=O) groups is 1. The van der Waals surface area contributed by atoms with Crippen LogP contribution in [-0.2, 0) is 0 Å². The molecule has 1 aliphatic rings. The molecule has 0 radical (unpaired) electrons. The lowest BCUT2D eigenvalue weighted by atomic mass is 10.2. The molecule has 4 rings (SSSR count). The number of anilines is 2. The number of H-pyrrole nitrogens is 1. The minimum absolute atomic E-state index is 0.0450. The zero-order chi connectivity index (χ0) is 17.2. The van der Waals surface area contributed by atoms with Gasteiger partial charge in [0.15, 0.2) is 5.13 Å². The summed E-state index contributed by atoms with van der Waals surface area (Å²) in [6.07, 6.45) is 3.95. The minimum atomic E-state index is -0.270. The van der Waals surface area contributed by atoms with Crippen molar-refractivity contribution < 1.29 is 9.18 Å². The average Bonchev–Trinajstić information content (AvgIpc) is 3.37. The number of likely N-dealkylation sites (tertiary alicyclic amines) is 1. The second-order valence-electron chi connectivity index (χ2n) is 5.97. The molecule has 1 amide bonds. The summed E-state index contributed by atoms with van der Waals surface area (Å²) in [7, 11) is 0. The summed E-state index contributed by atoms with van der Waals surface area (Å²) in [6, 6.07) is 7.98. The second kappa shape index (κ2) is 6.68. The minimum Gasteiger partial charge on any atom is -0.357 e. The van der Waals surface area contributed by atoms with Gasteiger partial charge in [0.05, 0.1) is 5.69 Å². The van der Waals surface area contributed by atoms with Gasteiger partial charge in [-0.2, -0.15) is 0 Å². The van der Waals surface area contributed by atoms with Gasteiger partial charge in [-0.05, 0) is 43.2 Å². The summed E-state index contributed by atoms with van der Waals surface area (Å²) in [4.78, 5) is 21.9. The molecule has 0 atom stereocenters. The SMILES string of the molecule is O=C(c1cc(-c2csc(Nc3ccc(F)cc3)n2)c[nH]1)N1CCCC1. The Hall–Kier alpha value is -2.67. The highest BCUT2D eigenvalue weighted by Crippen LogP contribution is 2.28. The van der Waals surface area contributed by atoms with Crippen LogP contribution in [0.5, 0.6) is 0 Å². The number of thiazole rings is 1. The van der Waals surface area contributed by atoms with Gasteiger partial charge < -0.3 is 15.2 Å². The largest absolute Gasteiger partial charge is 0.357 e. The molecular formula is C18H17FN4OS. The van der Waals surface area contributed by atoms with Gasteiger partial charge in [-0.3, -0.25) is 4.79 Å². The predicted molar refractivity (Wildman–Crippen MR) is 96.7 cm³/mol. The van der Waals surface area contributed by atoms with Crippen LogP contribution in [0.1, 0.15) is 23.3 Å². The zero-order valence-electron chi connectivity index (χ0n) is 13.5. The summed E-state index contributed by atoms with van der Waals surface area (Å²) < 4.78 is 13.0. The van der Waals surface area contributed by atoms with E-state index in [9.17, 15) is 9.18 Å². The Morgan fingerprint density at radius 3 is 2.76 bits per heavy atom. The Morgan fingerprint density at radius 1 is 1.24 bits per heavy atom. The smallest absolute Gasteiger partial charge is 0.270 e. The molecule has 0 spiro atoms. The lowest BCUT2D eigenvalue weighted by Crippen LogP contribution is -2.27. The third-order valence-corrected chi connectivity index (χ3v) is 4.96. The van der Waals surface area contributed by atoms with Gasteiger partial charge in [-0.25, -0.2) is 9.37 Å². The number of carbonyl (C=O) groups excluding carboxylic acids is 1.